The number of benzene rings is 1. The summed E-state index contributed by atoms with van der Waals surface area (Å²) in [5.74, 6) is -0.437. The van der Waals surface area contributed by atoms with Crippen molar-refractivity contribution in [1.29, 1.82) is 0 Å². The molecule has 24 heavy (non-hydrogen) atoms. The van der Waals surface area contributed by atoms with E-state index in [9.17, 15) is 14.7 Å². The second kappa shape index (κ2) is 7.34. The molecule has 5 nitrogen and oxygen atoms in total. The molecule has 2 aliphatic rings. The summed E-state index contributed by atoms with van der Waals surface area (Å²) in [6, 6.07) is 8.95. The van der Waals surface area contributed by atoms with E-state index in [1.54, 1.807) is 0 Å². The SMILES string of the molecule is O=C(NC1CCCCC1)[C@H](CO)NC(=O)C1(c2ccccc2)CC1. The standard InChI is InChI=1S/C19H26N2O3/c22-13-16(17(23)20-15-9-5-2-6-10-15)21-18(24)19(11-12-19)14-7-3-1-4-8-14/h1,3-4,7-8,15-16,22H,2,5-6,9-13H2,(H,20,23)(H,21,24)/t16-/m0/s1. The molecule has 2 saturated carbocycles. The monoisotopic (exact) mass is 330 g/mol. The highest BCUT2D eigenvalue weighted by atomic mass is 16.3. The van der Waals surface area contributed by atoms with E-state index in [4.69, 9.17) is 0 Å². The molecule has 5 heteroatoms. The summed E-state index contributed by atoms with van der Waals surface area (Å²) < 4.78 is 0. The maximum absolute atomic E-state index is 12.7. The van der Waals surface area contributed by atoms with Crippen molar-refractivity contribution in [1.82, 2.24) is 10.6 Å². The fraction of sp³-hybridized carbons (Fsp3) is 0.579. The van der Waals surface area contributed by atoms with Crippen LogP contribution in [0, 0.1) is 0 Å². The van der Waals surface area contributed by atoms with Crippen molar-refractivity contribution in [2.24, 2.45) is 0 Å². The molecule has 0 unspecified atom stereocenters. The molecule has 3 N–H and O–H groups in total. The molecule has 2 fully saturated rings. The van der Waals surface area contributed by atoms with E-state index < -0.39 is 11.5 Å². The second-order valence-corrected chi connectivity index (χ2v) is 7.00. The first-order valence-electron chi connectivity index (χ1n) is 8.93. The van der Waals surface area contributed by atoms with Gasteiger partial charge < -0.3 is 15.7 Å². The number of amides is 2. The van der Waals surface area contributed by atoms with E-state index in [2.05, 4.69) is 10.6 Å². The third-order valence-electron chi connectivity index (χ3n) is 5.27. The fourth-order valence-corrected chi connectivity index (χ4v) is 3.57. The van der Waals surface area contributed by atoms with Gasteiger partial charge in [-0.2, -0.15) is 0 Å². The van der Waals surface area contributed by atoms with Gasteiger partial charge in [0, 0.05) is 6.04 Å². The zero-order valence-electron chi connectivity index (χ0n) is 14.0. The lowest BCUT2D eigenvalue weighted by Crippen LogP contribution is -2.53. The van der Waals surface area contributed by atoms with Gasteiger partial charge in [0.05, 0.1) is 12.0 Å². The highest BCUT2D eigenvalue weighted by Crippen LogP contribution is 2.48. The van der Waals surface area contributed by atoms with Crippen molar-refractivity contribution in [2.75, 3.05) is 6.61 Å². The van der Waals surface area contributed by atoms with Gasteiger partial charge in [-0.3, -0.25) is 9.59 Å². The van der Waals surface area contributed by atoms with Gasteiger partial charge in [-0.25, -0.2) is 0 Å². The minimum Gasteiger partial charge on any atom is -0.394 e. The molecule has 3 rings (SSSR count). The summed E-state index contributed by atoms with van der Waals surface area (Å²) >= 11 is 0. The summed E-state index contributed by atoms with van der Waals surface area (Å²) in [5, 5.41) is 15.3. The lowest BCUT2D eigenvalue weighted by molar-refractivity contribution is -0.131. The van der Waals surface area contributed by atoms with Crippen LogP contribution in [0.25, 0.3) is 0 Å². The van der Waals surface area contributed by atoms with Crippen LogP contribution in [0.2, 0.25) is 0 Å². The Morgan fingerprint density at radius 1 is 1.12 bits per heavy atom. The molecule has 0 bridgehead atoms. The maximum atomic E-state index is 12.7. The van der Waals surface area contributed by atoms with E-state index in [1.165, 1.54) is 6.42 Å². The average molecular weight is 330 g/mol. The van der Waals surface area contributed by atoms with E-state index in [-0.39, 0.29) is 24.5 Å². The number of carbonyl (C=O) groups is 2. The smallest absolute Gasteiger partial charge is 0.245 e. The first-order valence-corrected chi connectivity index (χ1v) is 8.93. The predicted molar refractivity (Wildman–Crippen MR) is 91.4 cm³/mol. The van der Waals surface area contributed by atoms with Crippen molar-refractivity contribution >= 4 is 11.8 Å². The largest absolute Gasteiger partial charge is 0.394 e. The van der Waals surface area contributed by atoms with Crippen LogP contribution >= 0.6 is 0 Å². The molecule has 0 saturated heterocycles. The summed E-state index contributed by atoms with van der Waals surface area (Å²) in [7, 11) is 0. The van der Waals surface area contributed by atoms with Crippen molar-refractivity contribution in [3.05, 3.63) is 35.9 Å². The summed E-state index contributed by atoms with van der Waals surface area (Å²) in [5.41, 5.74) is 0.451. The number of aliphatic hydroxyl groups excluding tert-OH is 1. The van der Waals surface area contributed by atoms with Crippen LogP contribution in [-0.2, 0) is 15.0 Å². The first kappa shape index (κ1) is 17.0. The van der Waals surface area contributed by atoms with Crippen LogP contribution in [-0.4, -0.2) is 35.6 Å². The summed E-state index contributed by atoms with van der Waals surface area (Å²) in [4.78, 5) is 25.1. The summed E-state index contributed by atoms with van der Waals surface area (Å²) in [6.45, 7) is -0.380. The Kier molecular flexibility index (Phi) is 5.19. The molecule has 1 aromatic carbocycles. The Balaban J connectivity index is 1.60. The number of nitrogens with one attached hydrogen (secondary N) is 2. The van der Waals surface area contributed by atoms with Crippen molar-refractivity contribution in [3.63, 3.8) is 0 Å². The Bertz CT molecular complexity index is 578. The van der Waals surface area contributed by atoms with Crippen LogP contribution in [0.15, 0.2) is 30.3 Å². The van der Waals surface area contributed by atoms with E-state index in [1.807, 2.05) is 30.3 Å². The quantitative estimate of drug-likeness (QED) is 0.742. The van der Waals surface area contributed by atoms with Crippen molar-refractivity contribution in [3.8, 4) is 0 Å². The first-order chi connectivity index (χ1) is 11.7. The fourth-order valence-electron chi connectivity index (χ4n) is 3.57. The van der Waals surface area contributed by atoms with Crippen molar-refractivity contribution in [2.45, 2.75) is 62.4 Å². The zero-order chi connectivity index (χ0) is 17.0. The van der Waals surface area contributed by atoms with E-state index in [0.717, 1.165) is 44.1 Å². The molecule has 2 amide bonds. The maximum Gasteiger partial charge on any atom is 0.245 e. The zero-order valence-corrected chi connectivity index (χ0v) is 14.0. The van der Waals surface area contributed by atoms with E-state index >= 15 is 0 Å². The number of hydrogen-bond acceptors (Lipinski definition) is 3. The van der Waals surface area contributed by atoms with Gasteiger partial charge in [0.1, 0.15) is 6.04 Å². The number of carbonyl (C=O) groups excluding carboxylic acids is 2. The highest BCUT2D eigenvalue weighted by molar-refractivity contribution is 5.95. The van der Waals surface area contributed by atoms with Gasteiger partial charge in [0.2, 0.25) is 11.8 Å². The molecule has 1 aromatic rings. The highest BCUT2D eigenvalue weighted by Gasteiger charge is 2.51. The molecule has 0 spiro atoms. The summed E-state index contributed by atoms with van der Waals surface area (Å²) in [6.07, 6.45) is 6.98. The molecule has 130 valence electrons. The molecule has 2 aliphatic carbocycles. The lowest BCUT2D eigenvalue weighted by atomic mass is 9.94. The molecule has 1 atom stereocenters. The minimum atomic E-state index is -0.874. The minimum absolute atomic E-state index is 0.161. The molecule has 0 aliphatic heterocycles. The predicted octanol–water partition coefficient (Wildman–Crippen LogP) is 1.64. The van der Waals surface area contributed by atoms with Gasteiger partial charge in [-0.1, -0.05) is 49.6 Å². The van der Waals surface area contributed by atoms with E-state index in [0.29, 0.717) is 0 Å². The number of aliphatic hydroxyl groups is 1. The third kappa shape index (κ3) is 3.61. The van der Waals surface area contributed by atoms with Crippen LogP contribution in [0.4, 0.5) is 0 Å². The topological polar surface area (TPSA) is 78.4 Å². The van der Waals surface area contributed by atoms with Crippen LogP contribution < -0.4 is 10.6 Å². The van der Waals surface area contributed by atoms with Gasteiger partial charge in [0.15, 0.2) is 0 Å². The Morgan fingerprint density at radius 2 is 1.79 bits per heavy atom. The number of hydrogen-bond donors (Lipinski definition) is 3. The normalized spacial score (nSPS) is 20.9. The van der Waals surface area contributed by atoms with Crippen LogP contribution in [0.3, 0.4) is 0 Å². The average Bonchev–Trinajstić information content (AvgIpc) is 3.43. The molecule has 0 aromatic heterocycles. The van der Waals surface area contributed by atoms with Gasteiger partial charge in [-0.05, 0) is 31.2 Å². The number of rotatable bonds is 6. The molecular weight excluding hydrogens is 304 g/mol. The van der Waals surface area contributed by atoms with Crippen LogP contribution in [0.1, 0.15) is 50.5 Å². The van der Waals surface area contributed by atoms with Gasteiger partial charge in [-0.15, -0.1) is 0 Å². The second-order valence-electron chi connectivity index (χ2n) is 7.00. The van der Waals surface area contributed by atoms with Gasteiger partial charge in [0.25, 0.3) is 0 Å². The Labute approximate surface area is 142 Å². The third-order valence-corrected chi connectivity index (χ3v) is 5.27. The van der Waals surface area contributed by atoms with Gasteiger partial charge >= 0.3 is 0 Å². The van der Waals surface area contributed by atoms with Crippen molar-refractivity contribution < 1.29 is 14.7 Å². The molecule has 0 heterocycles. The molecule has 0 radical (unpaired) electrons. The molecular formula is C19H26N2O3. The van der Waals surface area contributed by atoms with Crippen LogP contribution in [0.5, 0.6) is 0 Å². The Morgan fingerprint density at radius 3 is 2.38 bits per heavy atom. The lowest BCUT2D eigenvalue weighted by Gasteiger charge is -2.26. The Hall–Kier alpha value is -1.88.